The second kappa shape index (κ2) is 16.4. The molecule has 1 unspecified atom stereocenters. The highest BCUT2D eigenvalue weighted by molar-refractivity contribution is 5.88. The van der Waals surface area contributed by atoms with E-state index in [1.807, 2.05) is 91.5 Å². The molecule has 0 spiro atoms. The minimum atomic E-state index is -1.63. The van der Waals surface area contributed by atoms with Gasteiger partial charge in [-0.3, -0.25) is 9.59 Å². The van der Waals surface area contributed by atoms with Gasteiger partial charge < -0.3 is 29.5 Å². The van der Waals surface area contributed by atoms with Crippen molar-refractivity contribution in [3.63, 3.8) is 0 Å². The number of anilines is 1. The molecule has 4 atom stereocenters. The molecule has 4 rings (SSSR count). The number of aliphatic hydroxyl groups excluding tert-OH is 1. The van der Waals surface area contributed by atoms with Crippen LogP contribution in [0.25, 0.3) is 0 Å². The van der Waals surface area contributed by atoms with Crippen LogP contribution in [0.15, 0.2) is 97.1 Å². The summed E-state index contributed by atoms with van der Waals surface area (Å²) in [5.41, 5.74) is 2.24. The van der Waals surface area contributed by atoms with Crippen LogP contribution in [0, 0.1) is 11.8 Å². The maximum atomic E-state index is 13.8. The number of carbonyl (C=O) groups is 3. The van der Waals surface area contributed by atoms with Crippen molar-refractivity contribution >= 4 is 23.5 Å². The normalized spacial score (nSPS) is 22.7. The number of esters is 2. The Hall–Kier alpha value is -4.63. The van der Waals surface area contributed by atoms with Crippen molar-refractivity contribution in [2.75, 3.05) is 31.8 Å². The van der Waals surface area contributed by atoms with Crippen molar-refractivity contribution in [1.82, 2.24) is 5.32 Å². The molecule has 2 N–H and O–H groups in total. The predicted molar refractivity (Wildman–Crippen MR) is 172 cm³/mol. The second-order valence-electron chi connectivity index (χ2n) is 11.5. The number of ether oxygens (including phenoxy) is 3. The van der Waals surface area contributed by atoms with Gasteiger partial charge in [0, 0.05) is 12.2 Å². The van der Waals surface area contributed by atoms with E-state index in [2.05, 4.69) is 5.32 Å². The number of hydrogen-bond acceptors (Lipinski definition) is 8. The fourth-order valence-corrected chi connectivity index (χ4v) is 5.40. The van der Waals surface area contributed by atoms with Gasteiger partial charge in [-0.25, -0.2) is 4.79 Å². The van der Waals surface area contributed by atoms with Gasteiger partial charge in [0.15, 0.2) is 6.10 Å². The summed E-state index contributed by atoms with van der Waals surface area (Å²) >= 11 is 0. The zero-order chi connectivity index (χ0) is 32.2. The van der Waals surface area contributed by atoms with Crippen LogP contribution in [-0.2, 0) is 30.3 Å². The first-order valence-electron chi connectivity index (χ1n) is 15.2. The monoisotopic (exact) mass is 614 g/mol. The first-order chi connectivity index (χ1) is 21.8. The number of hydrogen-bond donors (Lipinski definition) is 2. The number of carbonyl (C=O) groups excluding carboxylic acids is 3. The molecule has 0 saturated heterocycles. The summed E-state index contributed by atoms with van der Waals surface area (Å²) in [4.78, 5) is 42.3. The fourth-order valence-electron chi connectivity index (χ4n) is 5.40. The Morgan fingerprint density at radius 2 is 1.47 bits per heavy atom. The van der Waals surface area contributed by atoms with Crippen molar-refractivity contribution in [2.24, 2.45) is 11.8 Å². The van der Waals surface area contributed by atoms with Crippen LogP contribution >= 0.6 is 0 Å². The van der Waals surface area contributed by atoms with E-state index in [0.29, 0.717) is 29.8 Å². The van der Waals surface area contributed by atoms with Crippen LogP contribution < -0.4 is 15.0 Å². The second-order valence-corrected chi connectivity index (χ2v) is 11.5. The van der Waals surface area contributed by atoms with Gasteiger partial charge in [0.2, 0.25) is 0 Å². The highest BCUT2D eigenvalue weighted by Crippen LogP contribution is 2.33. The van der Waals surface area contributed by atoms with Crippen molar-refractivity contribution < 1.29 is 33.7 Å². The number of cyclic esters (lactones) is 2. The van der Waals surface area contributed by atoms with E-state index in [4.69, 9.17) is 14.2 Å². The van der Waals surface area contributed by atoms with E-state index in [1.54, 1.807) is 31.4 Å². The van der Waals surface area contributed by atoms with Crippen LogP contribution in [0.3, 0.4) is 0 Å². The molecule has 0 bridgehead atoms. The highest BCUT2D eigenvalue weighted by Gasteiger charge is 2.37. The zero-order valence-electron chi connectivity index (χ0n) is 26.0. The molecule has 1 aliphatic heterocycles. The Labute approximate surface area is 264 Å². The molecule has 1 amide bonds. The summed E-state index contributed by atoms with van der Waals surface area (Å²) < 4.78 is 16.5. The van der Waals surface area contributed by atoms with Gasteiger partial charge in [-0.1, -0.05) is 74.5 Å². The molecular formula is C36H42N2O7. The molecule has 0 aromatic heterocycles. The lowest BCUT2D eigenvalue weighted by Gasteiger charge is -2.38. The van der Waals surface area contributed by atoms with Crippen molar-refractivity contribution in [3.05, 3.63) is 108 Å². The quantitative estimate of drug-likeness (QED) is 0.292. The van der Waals surface area contributed by atoms with Gasteiger partial charge in [0.05, 0.1) is 19.1 Å². The number of aliphatic hydroxyl groups is 1. The number of nitrogens with zero attached hydrogens (tertiary/aromatic N) is 1. The minimum absolute atomic E-state index is 0.00110. The number of rotatable bonds is 7. The number of nitrogens with one attached hydrogen (secondary N) is 1. The van der Waals surface area contributed by atoms with E-state index < -0.39 is 42.0 Å². The lowest BCUT2D eigenvalue weighted by molar-refractivity contribution is -0.149. The summed E-state index contributed by atoms with van der Waals surface area (Å²) in [5, 5.41) is 14.6. The molecule has 9 nitrogen and oxygen atoms in total. The van der Waals surface area contributed by atoms with E-state index in [-0.39, 0.29) is 25.7 Å². The Balaban J connectivity index is 1.83. The van der Waals surface area contributed by atoms with Gasteiger partial charge in [0.25, 0.3) is 5.91 Å². The average Bonchev–Trinajstić information content (AvgIpc) is 3.05. The van der Waals surface area contributed by atoms with Crippen molar-refractivity contribution in [2.45, 2.75) is 44.9 Å². The lowest BCUT2D eigenvalue weighted by atomic mass is 9.93. The molecule has 0 aliphatic carbocycles. The number of methoxy groups -OCH3 is 1. The summed E-state index contributed by atoms with van der Waals surface area (Å²) in [6.45, 7) is 3.95. The number of amides is 1. The SMILES string of the molecule is COc1ccc(N2CC(Cc3ccccc3)C(=O)OC/C=C/COC(=O)[C@H](CC(C)C)NC(=O)[C@@H](O)[C@@H]2c2ccccc2)cc1. The standard InChI is InChI=1S/C36H42N2O7/c1-25(2)22-31-36(42)45-21-11-10-20-44-35(41)28(23-26-12-6-4-7-13-26)24-38(29-16-18-30(43-3)19-17-29)32(33(39)34(40)37-31)27-14-8-5-9-15-27/h4-19,25,28,31-33,39H,20-24H2,1-3H3,(H,37,40)/b11-10+/t28?,31-,32-,33-/m0/s1. The zero-order valence-corrected chi connectivity index (χ0v) is 26.0. The van der Waals surface area contributed by atoms with Crippen LogP contribution in [0.5, 0.6) is 5.75 Å². The predicted octanol–water partition coefficient (Wildman–Crippen LogP) is 4.65. The molecule has 3 aromatic carbocycles. The largest absolute Gasteiger partial charge is 0.497 e. The van der Waals surface area contributed by atoms with Crippen LogP contribution in [0.4, 0.5) is 5.69 Å². The summed E-state index contributed by atoms with van der Waals surface area (Å²) in [5.74, 6) is -1.73. The molecule has 45 heavy (non-hydrogen) atoms. The lowest BCUT2D eigenvalue weighted by Crippen LogP contribution is -2.52. The Bertz CT molecular complexity index is 1410. The summed E-state index contributed by atoms with van der Waals surface area (Å²) in [6, 6.07) is 24.1. The van der Waals surface area contributed by atoms with Gasteiger partial charge in [-0.2, -0.15) is 0 Å². The van der Waals surface area contributed by atoms with Gasteiger partial charge in [-0.15, -0.1) is 0 Å². The molecule has 238 valence electrons. The molecule has 0 fully saturated rings. The third-order valence-electron chi connectivity index (χ3n) is 7.64. The van der Waals surface area contributed by atoms with Crippen molar-refractivity contribution in [1.29, 1.82) is 0 Å². The van der Waals surface area contributed by atoms with Crippen molar-refractivity contribution in [3.8, 4) is 5.75 Å². The first-order valence-corrected chi connectivity index (χ1v) is 15.2. The topological polar surface area (TPSA) is 114 Å². The highest BCUT2D eigenvalue weighted by atomic mass is 16.5. The van der Waals surface area contributed by atoms with E-state index in [0.717, 1.165) is 5.56 Å². The van der Waals surface area contributed by atoms with E-state index in [9.17, 15) is 19.5 Å². The molecule has 1 aliphatic rings. The number of benzene rings is 3. The van der Waals surface area contributed by atoms with Gasteiger partial charge in [0.1, 0.15) is 25.0 Å². The molecule has 1 heterocycles. The molecular weight excluding hydrogens is 572 g/mol. The van der Waals surface area contributed by atoms with E-state index in [1.165, 1.54) is 0 Å². The maximum absolute atomic E-state index is 13.8. The molecule has 0 radical (unpaired) electrons. The fraction of sp³-hybridized carbons (Fsp3) is 0.361. The molecule has 9 heteroatoms. The summed E-state index contributed by atoms with van der Waals surface area (Å²) in [6.07, 6.45) is 2.30. The maximum Gasteiger partial charge on any atom is 0.328 e. The van der Waals surface area contributed by atoms with Crippen LogP contribution in [0.1, 0.15) is 37.4 Å². The average molecular weight is 615 g/mol. The Morgan fingerprint density at radius 1 is 0.867 bits per heavy atom. The molecule has 3 aromatic rings. The Morgan fingerprint density at radius 3 is 2.07 bits per heavy atom. The van der Waals surface area contributed by atoms with Gasteiger partial charge in [-0.05, 0) is 66.3 Å². The minimum Gasteiger partial charge on any atom is -0.497 e. The van der Waals surface area contributed by atoms with Gasteiger partial charge >= 0.3 is 11.9 Å². The van der Waals surface area contributed by atoms with E-state index >= 15 is 0 Å². The van der Waals surface area contributed by atoms with Crippen LogP contribution in [-0.4, -0.2) is 62.0 Å². The van der Waals surface area contributed by atoms with Crippen LogP contribution in [0.2, 0.25) is 0 Å². The molecule has 0 saturated carbocycles. The third kappa shape index (κ3) is 9.43. The third-order valence-corrected chi connectivity index (χ3v) is 7.64. The Kier molecular flexibility index (Phi) is 12.2. The smallest absolute Gasteiger partial charge is 0.328 e. The first kappa shape index (κ1) is 33.3. The summed E-state index contributed by atoms with van der Waals surface area (Å²) in [7, 11) is 1.57.